The van der Waals surface area contributed by atoms with Crippen LogP contribution < -0.4 is 10.6 Å². The van der Waals surface area contributed by atoms with Crippen molar-refractivity contribution in [2.24, 2.45) is 10.9 Å². The number of aliphatic hydroxyl groups is 1. The fraction of sp³-hybridized carbons (Fsp3) is 0.944. The Morgan fingerprint density at radius 1 is 1.08 bits per heavy atom. The lowest BCUT2D eigenvalue weighted by Crippen LogP contribution is -2.38. The molecular weight excluding hydrogens is 417 g/mol. The number of halogens is 1. The fourth-order valence-electron chi connectivity index (χ4n) is 3.54. The first-order valence-corrected chi connectivity index (χ1v) is 9.61. The second kappa shape index (κ2) is 13.2. The largest absolute Gasteiger partial charge is 0.393 e. The Morgan fingerprint density at radius 3 is 2.54 bits per heavy atom. The van der Waals surface area contributed by atoms with Gasteiger partial charge < -0.3 is 20.5 Å². The van der Waals surface area contributed by atoms with Crippen molar-refractivity contribution in [2.75, 3.05) is 26.2 Å². The van der Waals surface area contributed by atoms with Gasteiger partial charge in [0.15, 0.2) is 5.96 Å². The summed E-state index contributed by atoms with van der Waals surface area (Å²) in [4.78, 5) is 4.63. The molecule has 0 amide bonds. The van der Waals surface area contributed by atoms with Gasteiger partial charge in [-0.05, 0) is 39.0 Å². The lowest BCUT2D eigenvalue weighted by molar-refractivity contribution is 0.0277. The van der Waals surface area contributed by atoms with E-state index in [1.54, 1.807) is 0 Å². The molecule has 2 unspecified atom stereocenters. The highest BCUT2D eigenvalue weighted by Gasteiger charge is 2.24. The number of guanidine groups is 1. The number of aliphatic hydroxyl groups excluding tert-OH is 1. The Bertz CT molecular complexity index is 349. The molecule has 24 heavy (non-hydrogen) atoms. The van der Waals surface area contributed by atoms with Crippen LogP contribution in [0.3, 0.4) is 0 Å². The number of nitrogens with one attached hydrogen (secondary N) is 2. The minimum atomic E-state index is -0.162. The highest BCUT2D eigenvalue weighted by atomic mass is 127. The van der Waals surface area contributed by atoms with Crippen molar-refractivity contribution in [1.82, 2.24) is 10.6 Å². The molecule has 0 bridgehead atoms. The van der Waals surface area contributed by atoms with E-state index in [0.29, 0.717) is 12.0 Å². The number of ether oxygens (including phenoxy) is 1. The molecule has 6 heteroatoms. The predicted molar refractivity (Wildman–Crippen MR) is 110 cm³/mol. The van der Waals surface area contributed by atoms with E-state index < -0.39 is 0 Å². The molecule has 0 aromatic heterocycles. The Kier molecular flexibility index (Phi) is 12.0. The molecule has 0 heterocycles. The summed E-state index contributed by atoms with van der Waals surface area (Å²) >= 11 is 0. The molecule has 0 saturated heterocycles. The Labute approximate surface area is 164 Å². The minimum absolute atomic E-state index is 0. The van der Waals surface area contributed by atoms with Gasteiger partial charge in [-0.3, -0.25) is 4.99 Å². The van der Waals surface area contributed by atoms with Crippen LogP contribution >= 0.6 is 24.0 Å². The van der Waals surface area contributed by atoms with Gasteiger partial charge in [0.1, 0.15) is 0 Å². The van der Waals surface area contributed by atoms with Crippen LogP contribution in [0.25, 0.3) is 0 Å². The molecule has 2 aliphatic carbocycles. The smallest absolute Gasteiger partial charge is 0.191 e. The van der Waals surface area contributed by atoms with Crippen molar-refractivity contribution in [3.63, 3.8) is 0 Å². The Balaban J connectivity index is 0.00000288. The predicted octanol–water partition coefficient (Wildman–Crippen LogP) is 3.06. The van der Waals surface area contributed by atoms with E-state index in [9.17, 15) is 5.11 Å². The molecule has 0 aliphatic heterocycles. The van der Waals surface area contributed by atoms with Crippen LogP contribution in [0, 0.1) is 5.92 Å². The van der Waals surface area contributed by atoms with Crippen molar-refractivity contribution >= 4 is 29.9 Å². The molecule has 0 aromatic rings. The molecule has 0 radical (unpaired) electrons. The summed E-state index contributed by atoms with van der Waals surface area (Å²) in [5.74, 6) is 1.20. The maximum absolute atomic E-state index is 9.87. The van der Waals surface area contributed by atoms with Gasteiger partial charge in [-0.25, -0.2) is 0 Å². The average molecular weight is 453 g/mol. The summed E-state index contributed by atoms with van der Waals surface area (Å²) in [6, 6.07) is 0. The highest BCUT2D eigenvalue weighted by Crippen LogP contribution is 2.25. The monoisotopic (exact) mass is 453 g/mol. The van der Waals surface area contributed by atoms with Crippen LogP contribution in [-0.2, 0) is 4.74 Å². The van der Waals surface area contributed by atoms with Gasteiger partial charge in [-0.1, -0.05) is 25.7 Å². The lowest BCUT2D eigenvalue weighted by atomic mass is 9.98. The van der Waals surface area contributed by atoms with Crippen molar-refractivity contribution in [2.45, 2.75) is 76.9 Å². The molecule has 0 spiro atoms. The molecule has 5 nitrogen and oxygen atoms in total. The SMILES string of the molecule is CCNC(=NCC1CCCC1O)NCCCOC1CCCCC1.I. The summed E-state index contributed by atoms with van der Waals surface area (Å²) in [7, 11) is 0. The quantitative estimate of drug-likeness (QED) is 0.229. The van der Waals surface area contributed by atoms with E-state index in [1.165, 1.54) is 32.1 Å². The van der Waals surface area contributed by atoms with E-state index in [2.05, 4.69) is 22.5 Å². The van der Waals surface area contributed by atoms with E-state index >= 15 is 0 Å². The van der Waals surface area contributed by atoms with E-state index in [0.717, 1.165) is 57.9 Å². The molecule has 142 valence electrons. The summed E-state index contributed by atoms with van der Waals surface area (Å²) in [6.45, 7) is 5.37. The normalized spacial score (nSPS) is 25.3. The number of hydrogen-bond acceptors (Lipinski definition) is 3. The van der Waals surface area contributed by atoms with Crippen LogP contribution in [0.4, 0.5) is 0 Å². The molecule has 2 rings (SSSR count). The fourth-order valence-corrected chi connectivity index (χ4v) is 3.54. The standard InChI is InChI=1S/C18H35N3O2.HI/c1-2-19-18(21-14-15-8-6-11-17(15)22)20-12-7-13-23-16-9-4-3-5-10-16;/h15-17,22H,2-14H2,1H3,(H2,19,20,21);1H. The maximum Gasteiger partial charge on any atom is 0.191 e. The Hall–Kier alpha value is -0.0800. The van der Waals surface area contributed by atoms with Gasteiger partial charge in [0.05, 0.1) is 12.2 Å². The van der Waals surface area contributed by atoms with Crippen molar-refractivity contribution in [1.29, 1.82) is 0 Å². The molecule has 3 N–H and O–H groups in total. The summed E-state index contributed by atoms with van der Waals surface area (Å²) in [5, 5.41) is 16.5. The molecule has 2 fully saturated rings. The summed E-state index contributed by atoms with van der Waals surface area (Å²) in [5.41, 5.74) is 0. The van der Waals surface area contributed by atoms with E-state index in [4.69, 9.17) is 4.74 Å². The van der Waals surface area contributed by atoms with E-state index in [-0.39, 0.29) is 30.1 Å². The van der Waals surface area contributed by atoms with Crippen LogP contribution in [0.2, 0.25) is 0 Å². The van der Waals surface area contributed by atoms with Crippen molar-refractivity contribution in [3.05, 3.63) is 0 Å². The van der Waals surface area contributed by atoms with Gasteiger partial charge in [-0.15, -0.1) is 24.0 Å². The summed E-state index contributed by atoms with van der Waals surface area (Å²) < 4.78 is 5.95. The van der Waals surface area contributed by atoms with Crippen LogP contribution in [-0.4, -0.2) is 49.5 Å². The average Bonchev–Trinajstić information content (AvgIpc) is 2.98. The van der Waals surface area contributed by atoms with Gasteiger partial charge in [0.2, 0.25) is 0 Å². The lowest BCUT2D eigenvalue weighted by Gasteiger charge is -2.22. The number of rotatable bonds is 8. The third-order valence-corrected chi connectivity index (χ3v) is 4.97. The Morgan fingerprint density at radius 2 is 1.88 bits per heavy atom. The van der Waals surface area contributed by atoms with Gasteiger partial charge in [-0.2, -0.15) is 0 Å². The molecule has 2 atom stereocenters. The zero-order chi connectivity index (χ0) is 16.3. The minimum Gasteiger partial charge on any atom is -0.393 e. The molecule has 2 saturated carbocycles. The third-order valence-electron chi connectivity index (χ3n) is 4.97. The first-order valence-electron chi connectivity index (χ1n) is 9.61. The molecular formula is C18H36IN3O2. The van der Waals surface area contributed by atoms with Crippen molar-refractivity contribution < 1.29 is 9.84 Å². The number of aliphatic imine (C=N–C) groups is 1. The van der Waals surface area contributed by atoms with E-state index in [1.807, 2.05) is 0 Å². The van der Waals surface area contributed by atoms with Crippen molar-refractivity contribution in [3.8, 4) is 0 Å². The zero-order valence-corrected chi connectivity index (χ0v) is 17.5. The first kappa shape index (κ1) is 22.0. The number of nitrogens with zero attached hydrogens (tertiary/aromatic N) is 1. The van der Waals surface area contributed by atoms with Gasteiger partial charge in [0, 0.05) is 32.2 Å². The third kappa shape index (κ3) is 8.34. The van der Waals surface area contributed by atoms with Crippen LogP contribution in [0.1, 0.15) is 64.7 Å². The topological polar surface area (TPSA) is 65.9 Å². The molecule has 2 aliphatic rings. The number of hydrogen-bond donors (Lipinski definition) is 3. The van der Waals surface area contributed by atoms with Gasteiger partial charge in [0.25, 0.3) is 0 Å². The van der Waals surface area contributed by atoms with Crippen LogP contribution in [0.15, 0.2) is 4.99 Å². The maximum atomic E-state index is 9.87. The second-order valence-electron chi connectivity index (χ2n) is 6.89. The second-order valence-corrected chi connectivity index (χ2v) is 6.89. The highest BCUT2D eigenvalue weighted by molar-refractivity contribution is 14.0. The van der Waals surface area contributed by atoms with Crippen LogP contribution in [0.5, 0.6) is 0 Å². The summed E-state index contributed by atoms with van der Waals surface area (Å²) in [6.07, 6.45) is 11.0. The first-order chi connectivity index (χ1) is 11.3. The zero-order valence-electron chi connectivity index (χ0n) is 15.1. The molecule has 0 aromatic carbocycles. The van der Waals surface area contributed by atoms with Gasteiger partial charge >= 0.3 is 0 Å².